The number of ether oxygens (including phenoxy) is 1. The van der Waals surface area contributed by atoms with Crippen molar-refractivity contribution in [1.29, 1.82) is 0 Å². The highest BCUT2D eigenvalue weighted by Gasteiger charge is 2.37. The molecule has 0 saturated carbocycles. The van der Waals surface area contributed by atoms with Crippen LogP contribution in [0.2, 0.25) is 0 Å². The number of fused-ring (bicyclic) bond motifs is 1. The van der Waals surface area contributed by atoms with Gasteiger partial charge in [0.25, 0.3) is 5.91 Å². The Labute approximate surface area is 156 Å². The first-order valence-electron chi connectivity index (χ1n) is 8.94. The molecule has 27 heavy (non-hydrogen) atoms. The van der Waals surface area contributed by atoms with Crippen molar-refractivity contribution in [3.05, 3.63) is 17.7 Å². The van der Waals surface area contributed by atoms with Crippen LogP contribution in [0.15, 0.2) is 10.7 Å². The van der Waals surface area contributed by atoms with E-state index in [2.05, 4.69) is 15.3 Å². The van der Waals surface area contributed by atoms with Gasteiger partial charge in [0.2, 0.25) is 5.71 Å². The maximum absolute atomic E-state index is 13.1. The molecular weight excluding hydrogens is 352 g/mol. The maximum atomic E-state index is 13.1. The van der Waals surface area contributed by atoms with Crippen molar-refractivity contribution in [3.8, 4) is 0 Å². The summed E-state index contributed by atoms with van der Waals surface area (Å²) in [5.41, 5.74) is 0.651. The van der Waals surface area contributed by atoms with Gasteiger partial charge in [0.15, 0.2) is 5.78 Å². The fourth-order valence-corrected chi connectivity index (χ4v) is 3.25. The van der Waals surface area contributed by atoms with Crippen LogP contribution >= 0.6 is 0 Å². The van der Waals surface area contributed by atoms with Crippen LogP contribution in [0.3, 0.4) is 0 Å². The van der Waals surface area contributed by atoms with E-state index >= 15 is 0 Å². The molecule has 1 aliphatic heterocycles. The number of carbonyl (C=O) groups is 3. The van der Waals surface area contributed by atoms with Crippen LogP contribution in [0.1, 0.15) is 36.4 Å². The van der Waals surface area contributed by atoms with E-state index in [1.165, 1.54) is 11.2 Å². The zero-order valence-corrected chi connectivity index (χ0v) is 15.6. The third-order valence-corrected chi connectivity index (χ3v) is 4.50. The van der Waals surface area contributed by atoms with Crippen LogP contribution < -0.4 is 5.32 Å². The molecule has 9 heteroatoms. The molecule has 1 atom stereocenters. The second kappa shape index (κ2) is 7.73. The molecule has 3 rings (SSSR count). The van der Waals surface area contributed by atoms with E-state index in [1.54, 1.807) is 13.8 Å². The molecule has 1 fully saturated rings. The van der Waals surface area contributed by atoms with Crippen LogP contribution in [0.25, 0.3) is 11.1 Å². The first kappa shape index (κ1) is 18.8. The molecule has 1 N–H and O–H groups in total. The lowest BCUT2D eigenvalue weighted by atomic mass is 9.95. The van der Waals surface area contributed by atoms with Crippen LogP contribution in [0.4, 0.5) is 5.82 Å². The minimum absolute atomic E-state index is 0.140. The molecule has 2 aromatic heterocycles. The number of piperidine rings is 1. The Morgan fingerprint density at radius 2 is 2.15 bits per heavy atom. The van der Waals surface area contributed by atoms with Crippen molar-refractivity contribution in [2.45, 2.75) is 27.2 Å². The SMILES string of the molecule is CCNc1ncnc2oc(C)c(C(=O)N3CCC(C(=O)OCC)C(=O)C3)c12. The van der Waals surface area contributed by atoms with Crippen molar-refractivity contribution in [3.63, 3.8) is 0 Å². The first-order chi connectivity index (χ1) is 13.0. The summed E-state index contributed by atoms with van der Waals surface area (Å²) in [4.78, 5) is 47.0. The van der Waals surface area contributed by atoms with E-state index in [1.807, 2.05) is 6.92 Å². The Bertz CT molecular complexity index is 891. The smallest absolute Gasteiger partial charge is 0.316 e. The molecule has 0 radical (unpaired) electrons. The molecule has 3 heterocycles. The third-order valence-electron chi connectivity index (χ3n) is 4.50. The standard InChI is InChI=1S/C18H22N4O5/c1-4-19-15-14-13(10(3)27-16(14)21-9-20-15)17(24)22-7-6-11(12(23)8-22)18(25)26-5-2/h9,11H,4-8H2,1-3H3,(H,19,20,21). The number of hydrogen-bond donors (Lipinski definition) is 1. The number of nitrogens with zero attached hydrogens (tertiary/aromatic N) is 3. The lowest BCUT2D eigenvalue weighted by molar-refractivity contribution is -0.153. The normalized spacial score (nSPS) is 17.2. The van der Waals surface area contributed by atoms with Gasteiger partial charge in [-0.25, -0.2) is 9.97 Å². The monoisotopic (exact) mass is 374 g/mol. The van der Waals surface area contributed by atoms with E-state index in [-0.39, 0.29) is 37.8 Å². The Kier molecular flexibility index (Phi) is 5.38. The van der Waals surface area contributed by atoms with Gasteiger partial charge in [-0.3, -0.25) is 14.4 Å². The molecule has 1 aliphatic rings. The fourth-order valence-electron chi connectivity index (χ4n) is 3.25. The topological polar surface area (TPSA) is 115 Å². The molecular formula is C18H22N4O5. The lowest BCUT2D eigenvalue weighted by Crippen LogP contribution is -2.46. The molecule has 9 nitrogen and oxygen atoms in total. The zero-order valence-electron chi connectivity index (χ0n) is 15.6. The summed E-state index contributed by atoms with van der Waals surface area (Å²) in [6.45, 7) is 6.27. The average molecular weight is 374 g/mol. The summed E-state index contributed by atoms with van der Waals surface area (Å²) < 4.78 is 10.6. The summed E-state index contributed by atoms with van der Waals surface area (Å²) in [5.74, 6) is -1.07. The number of carbonyl (C=O) groups excluding carboxylic acids is 3. The molecule has 0 aromatic carbocycles. The number of furan rings is 1. The quantitative estimate of drug-likeness (QED) is 0.619. The second-order valence-electron chi connectivity index (χ2n) is 6.25. The van der Waals surface area contributed by atoms with Gasteiger partial charge < -0.3 is 19.4 Å². The Morgan fingerprint density at radius 1 is 1.37 bits per heavy atom. The summed E-state index contributed by atoms with van der Waals surface area (Å²) in [5, 5.41) is 3.60. The van der Waals surface area contributed by atoms with Gasteiger partial charge in [-0.1, -0.05) is 0 Å². The number of anilines is 1. The van der Waals surface area contributed by atoms with Crippen molar-refractivity contribution >= 4 is 34.6 Å². The van der Waals surface area contributed by atoms with E-state index in [4.69, 9.17) is 9.15 Å². The number of aryl methyl sites for hydroxylation is 1. The van der Waals surface area contributed by atoms with Crippen LogP contribution in [-0.4, -0.2) is 58.8 Å². The fraction of sp³-hybridized carbons (Fsp3) is 0.500. The minimum atomic E-state index is -0.808. The second-order valence-corrected chi connectivity index (χ2v) is 6.25. The highest BCUT2D eigenvalue weighted by atomic mass is 16.5. The van der Waals surface area contributed by atoms with Crippen LogP contribution in [0.5, 0.6) is 0 Å². The summed E-state index contributed by atoms with van der Waals surface area (Å²) >= 11 is 0. The third kappa shape index (κ3) is 3.49. The van der Waals surface area contributed by atoms with Gasteiger partial charge in [0.05, 0.1) is 24.1 Å². The summed E-state index contributed by atoms with van der Waals surface area (Å²) in [6, 6.07) is 0. The Balaban J connectivity index is 1.88. The number of Topliss-reactive ketones (excluding diaryl/α,β-unsaturated/α-hetero) is 1. The number of rotatable bonds is 5. The molecule has 2 aromatic rings. The van der Waals surface area contributed by atoms with E-state index in [0.29, 0.717) is 34.8 Å². The number of ketones is 1. The summed E-state index contributed by atoms with van der Waals surface area (Å²) in [7, 11) is 0. The number of likely N-dealkylation sites (tertiary alicyclic amines) is 1. The number of aromatic nitrogens is 2. The maximum Gasteiger partial charge on any atom is 0.316 e. The highest BCUT2D eigenvalue weighted by Crippen LogP contribution is 2.31. The van der Waals surface area contributed by atoms with Crippen molar-refractivity contribution < 1.29 is 23.5 Å². The predicted octanol–water partition coefficient (Wildman–Crippen LogP) is 1.56. The Hall–Kier alpha value is -2.97. The van der Waals surface area contributed by atoms with Crippen molar-refractivity contribution in [2.24, 2.45) is 5.92 Å². The molecule has 0 spiro atoms. The molecule has 144 valence electrons. The largest absolute Gasteiger partial charge is 0.465 e. The highest BCUT2D eigenvalue weighted by molar-refractivity contribution is 6.11. The van der Waals surface area contributed by atoms with Crippen molar-refractivity contribution in [1.82, 2.24) is 14.9 Å². The first-order valence-corrected chi connectivity index (χ1v) is 8.94. The number of hydrogen-bond acceptors (Lipinski definition) is 8. The number of amides is 1. The van der Waals surface area contributed by atoms with E-state index < -0.39 is 11.9 Å². The average Bonchev–Trinajstić information content (AvgIpc) is 2.98. The van der Waals surface area contributed by atoms with E-state index in [9.17, 15) is 14.4 Å². The Morgan fingerprint density at radius 3 is 2.81 bits per heavy atom. The molecule has 1 unspecified atom stereocenters. The van der Waals surface area contributed by atoms with Crippen molar-refractivity contribution in [2.75, 3.05) is 31.6 Å². The number of nitrogens with one attached hydrogen (secondary N) is 1. The minimum Gasteiger partial charge on any atom is -0.465 e. The predicted molar refractivity (Wildman–Crippen MR) is 96.4 cm³/mol. The molecule has 1 saturated heterocycles. The molecule has 0 bridgehead atoms. The number of esters is 1. The van der Waals surface area contributed by atoms with Gasteiger partial charge in [0.1, 0.15) is 23.8 Å². The van der Waals surface area contributed by atoms with Gasteiger partial charge in [-0.2, -0.15) is 0 Å². The lowest BCUT2D eigenvalue weighted by Gasteiger charge is -2.29. The van der Waals surface area contributed by atoms with Gasteiger partial charge >= 0.3 is 5.97 Å². The van der Waals surface area contributed by atoms with Gasteiger partial charge in [-0.15, -0.1) is 0 Å². The van der Waals surface area contributed by atoms with Gasteiger partial charge in [-0.05, 0) is 27.2 Å². The summed E-state index contributed by atoms with van der Waals surface area (Å²) in [6.07, 6.45) is 1.61. The van der Waals surface area contributed by atoms with Crippen LogP contribution in [-0.2, 0) is 14.3 Å². The van der Waals surface area contributed by atoms with E-state index in [0.717, 1.165) is 0 Å². The van der Waals surface area contributed by atoms with Gasteiger partial charge in [0, 0.05) is 13.1 Å². The zero-order chi connectivity index (χ0) is 19.6. The molecule has 1 amide bonds. The van der Waals surface area contributed by atoms with Crippen LogP contribution in [0, 0.1) is 12.8 Å². The molecule has 0 aliphatic carbocycles.